The summed E-state index contributed by atoms with van der Waals surface area (Å²) >= 11 is 3.43. The normalized spacial score (nSPS) is 19.9. The molecule has 0 radical (unpaired) electrons. The maximum Gasteiger partial charge on any atom is 0.200 e. The Hall–Kier alpha value is -2.15. The number of benzene rings is 2. The van der Waals surface area contributed by atoms with Gasteiger partial charge < -0.3 is 13.9 Å². The summed E-state index contributed by atoms with van der Waals surface area (Å²) in [6.45, 7) is 9.26. The average Bonchev–Trinajstić information content (AvgIpc) is 2.68. The molecule has 1 aliphatic rings. The largest absolute Gasteiger partial charge is 0.492 e. The first-order valence-electron chi connectivity index (χ1n) is 10.2. The van der Waals surface area contributed by atoms with Crippen molar-refractivity contribution in [2.24, 2.45) is 0 Å². The molecule has 1 saturated heterocycles. The summed E-state index contributed by atoms with van der Waals surface area (Å²) in [6.07, 6.45) is 0.484. The van der Waals surface area contributed by atoms with E-state index in [-0.39, 0.29) is 17.6 Å². The van der Waals surface area contributed by atoms with Gasteiger partial charge in [-0.3, -0.25) is 9.69 Å². The van der Waals surface area contributed by atoms with Gasteiger partial charge >= 0.3 is 0 Å². The number of nitrogens with zero attached hydrogens (tertiary/aromatic N) is 1. The number of ether oxygens (including phenoxy) is 2. The van der Waals surface area contributed by atoms with Crippen LogP contribution in [-0.4, -0.2) is 43.3 Å². The summed E-state index contributed by atoms with van der Waals surface area (Å²) in [5, 5.41) is 0.557. The van der Waals surface area contributed by atoms with Gasteiger partial charge in [-0.05, 0) is 50.6 Å². The Morgan fingerprint density at radius 3 is 2.50 bits per heavy atom. The van der Waals surface area contributed by atoms with Crippen LogP contribution in [0.1, 0.15) is 19.6 Å². The van der Waals surface area contributed by atoms with Gasteiger partial charge in [0.25, 0.3) is 0 Å². The Bertz CT molecular complexity index is 1080. The summed E-state index contributed by atoms with van der Waals surface area (Å²) in [5.41, 5.74) is 1.96. The third-order valence-electron chi connectivity index (χ3n) is 5.34. The standard InChI is InChI=1S/C24H26BrNO4/c1-15-13-26(14-16(2)29-15)10-11-28-20-8-9-21-22(12-20)30-17(3)23(24(21)27)18-4-6-19(25)7-5-18/h4-9,12,15-16H,10-11,13-14H2,1-3H3/t15-,16+. The molecule has 2 atom stereocenters. The van der Waals surface area contributed by atoms with Crippen molar-refractivity contribution in [3.8, 4) is 16.9 Å². The molecule has 0 unspecified atom stereocenters. The maximum absolute atomic E-state index is 13.1. The molecule has 0 N–H and O–H groups in total. The summed E-state index contributed by atoms with van der Waals surface area (Å²) in [6, 6.07) is 13.1. The molecule has 158 valence electrons. The van der Waals surface area contributed by atoms with Gasteiger partial charge in [0.1, 0.15) is 23.7 Å². The minimum absolute atomic E-state index is 0.0288. The highest BCUT2D eigenvalue weighted by Crippen LogP contribution is 2.27. The molecule has 0 aliphatic carbocycles. The van der Waals surface area contributed by atoms with Gasteiger partial charge in [0.15, 0.2) is 0 Å². The van der Waals surface area contributed by atoms with E-state index in [0.717, 1.165) is 29.7 Å². The van der Waals surface area contributed by atoms with E-state index in [1.165, 1.54) is 0 Å². The second kappa shape index (κ2) is 8.92. The number of hydrogen-bond donors (Lipinski definition) is 0. The highest BCUT2D eigenvalue weighted by atomic mass is 79.9. The van der Waals surface area contributed by atoms with Crippen molar-refractivity contribution in [2.75, 3.05) is 26.2 Å². The van der Waals surface area contributed by atoms with E-state index in [4.69, 9.17) is 13.9 Å². The van der Waals surface area contributed by atoms with Crippen molar-refractivity contribution in [1.29, 1.82) is 0 Å². The highest BCUT2D eigenvalue weighted by molar-refractivity contribution is 9.10. The number of morpholine rings is 1. The maximum atomic E-state index is 13.1. The molecule has 6 heteroatoms. The third-order valence-corrected chi connectivity index (χ3v) is 5.87. The van der Waals surface area contributed by atoms with Crippen LogP contribution in [0.25, 0.3) is 22.1 Å². The van der Waals surface area contributed by atoms with Crippen LogP contribution < -0.4 is 10.2 Å². The SMILES string of the molecule is Cc1oc2cc(OCCN3C[C@@H](C)O[C@@H](C)C3)ccc2c(=O)c1-c1ccc(Br)cc1. The van der Waals surface area contributed by atoms with Crippen LogP contribution >= 0.6 is 15.9 Å². The highest BCUT2D eigenvalue weighted by Gasteiger charge is 2.21. The van der Waals surface area contributed by atoms with E-state index in [9.17, 15) is 4.79 Å². The van der Waals surface area contributed by atoms with E-state index < -0.39 is 0 Å². The molecule has 1 aromatic heterocycles. The summed E-state index contributed by atoms with van der Waals surface area (Å²) in [5.74, 6) is 1.30. The second-order valence-corrected chi connectivity index (χ2v) is 8.81. The van der Waals surface area contributed by atoms with E-state index in [1.54, 1.807) is 12.1 Å². The molecule has 0 bridgehead atoms. The molecule has 3 aromatic rings. The van der Waals surface area contributed by atoms with E-state index in [0.29, 0.717) is 34.6 Å². The third kappa shape index (κ3) is 4.61. The van der Waals surface area contributed by atoms with Crippen molar-refractivity contribution in [3.63, 3.8) is 0 Å². The van der Waals surface area contributed by atoms with Gasteiger partial charge in [0.05, 0.1) is 23.2 Å². The lowest BCUT2D eigenvalue weighted by Gasteiger charge is -2.35. The minimum Gasteiger partial charge on any atom is -0.492 e. The molecule has 0 spiro atoms. The smallest absolute Gasteiger partial charge is 0.200 e. The molecule has 4 rings (SSSR count). The van der Waals surface area contributed by atoms with Crippen LogP contribution in [0, 0.1) is 6.92 Å². The lowest BCUT2D eigenvalue weighted by Crippen LogP contribution is -2.46. The molecular weight excluding hydrogens is 446 g/mol. The molecule has 2 aromatic carbocycles. The first kappa shape index (κ1) is 21.1. The van der Waals surface area contributed by atoms with E-state index in [1.807, 2.05) is 37.3 Å². The Morgan fingerprint density at radius 1 is 1.10 bits per heavy atom. The lowest BCUT2D eigenvalue weighted by atomic mass is 10.0. The fraction of sp³-hybridized carbons (Fsp3) is 0.375. The van der Waals surface area contributed by atoms with Crippen LogP contribution in [0.3, 0.4) is 0 Å². The van der Waals surface area contributed by atoms with Crippen LogP contribution in [-0.2, 0) is 4.74 Å². The predicted octanol–water partition coefficient (Wildman–Crippen LogP) is 5.02. The summed E-state index contributed by atoms with van der Waals surface area (Å²) < 4.78 is 18.7. The van der Waals surface area contributed by atoms with Gasteiger partial charge in [-0.2, -0.15) is 0 Å². The number of hydrogen-bond acceptors (Lipinski definition) is 5. The van der Waals surface area contributed by atoms with Gasteiger partial charge in [-0.15, -0.1) is 0 Å². The number of aryl methyl sites for hydroxylation is 1. The molecular formula is C24H26BrNO4. The van der Waals surface area contributed by atoms with Crippen LogP contribution in [0.2, 0.25) is 0 Å². The van der Waals surface area contributed by atoms with Crippen LogP contribution in [0.15, 0.2) is 56.1 Å². The predicted molar refractivity (Wildman–Crippen MR) is 122 cm³/mol. The monoisotopic (exact) mass is 471 g/mol. The summed E-state index contributed by atoms with van der Waals surface area (Å²) in [4.78, 5) is 15.5. The zero-order chi connectivity index (χ0) is 21.3. The van der Waals surface area contributed by atoms with E-state index >= 15 is 0 Å². The number of halogens is 1. The molecule has 1 aliphatic heterocycles. The van der Waals surface area contributed by atoms with Crippen molar-refractivity contribution >= 4 is 26.9 Å². The zero-order valence-corrected chi connectivity index (χ0v) is 19.1. The topological polar surface area (TPSA) is 51.9 Å². The minimum atomic E-state index is -0.0288. The Labute approximate surface area is 184 Å². The quantitative estimate of drug-likeness (QED) is 0.522. The molecule has 0 saturated carbocycles. The number of rotatable bonds is 5. The zero-order valence-electron chi connectivity index (χ0n) is 17.5. The van der Waals surface area contributed by atoms with Gasteiger partial charge in [-0.1, -0.05) is 28.1 Å². The molecule has 5 nitrogen and oxygen atoms in total. The Morgan fingerprint density at radius 2 is 1.80 bits per heavy atom. The first-order valence-corrected chi connectivity index (χ1v) is 11.0. The molecule has 0 amide bonds. The lowest BCUT2D eigenvalue weighted by molar-refractivity contribution is -0.0699. The Balaban J connectivity index is 1.51. The fourth-order valence-electron chi connectivity index (χ4n) is 4.09. The van der Waals surface area contributed by atoms with Gasteiger partial charge in [0, 0.05) is 30.2 Å². The fourth-order valence-corrected chi connectivity index (χ4v) is 4.35. The van der Waals surface area contributed by atoms with Gasteiger partial charge in [-0.25, -0.2) is 0 Å². The van der Waals surface area contributed by atoms with Crippen molar-refractivity contribution in [1.82, 2.24) is 4.90 Å². The van der Waals surface area contributed by atoms with Crippen LogP contribution in [0.4, 0.5) is 0 Å². The average molecular weight is 472 g/mol. The molecule has 2 heterocycles. The summed E-state index contributed by atoms with van der Waals surface area (Å²) in [7, 11) is 0. The number of fused-ring (bicyclic) bond motifs is 1. The van der Waals surface area contributed by atoms with Crippen molar-refractivity contribution < 1.29 is 13.9 Å². The van der Waals surface area contributed by atoms with Crippen molar-refractivity contribution in [2.45, 2.75) is 33.0 Å². The van der Waals surface area contributed by atoms with Crippen LogP contribution in [0.5, 0.6) is 5.75 Å². The Kier molecular flexibility index (Phi) is 6.27. The second-order valence-electron chi connectivity index (χ2n) is 7.89. The van der Waals surface area contributed by atoms with Crippen molar-refractivity contribution in [3.05, 3.63) is 62.9 Å². The molecule has 1 fully saturated rings. The molecule has 30 heavy (non-hydrogen) atoms. The van der Waals surface area contributed by atoms with Gasteiger partial charge in [0.2, 0.25) is 5.43 Å². The first-order chi connectivity index (χ1) is 14.4. The van der Waals surface area contributed by atoms with E-state index in [2.05, 4.69) is 34.7 Å².